The summed E-state index contributed by atoms with van der Waals surface area (Å²) in [5, 5.41) is 11.2. The summed E-state index contributed by atoms with van der Waals surface area (Å²) in [6, 6.07) is 13.7. The van der Waals surface area contributed by atoms with Crippen LogP contribution in [0.5, 0.6) is 0 Å². The Morgan fingerprint density at radius 3 is 2.62 bits per heavy atom. The van der Waals surface area contributed by atoms with Crippen molar-refractivity contribution in [3.8, 4) is 0 Å². The van der Waals surface area contributed by atoms with E-state index in [9.17, 15) is 4.79 Å². The number of anilines is 1. The minimum Gasteiger partial charge on any atom is -0.351 e. The van der Waals surface area contributed by atoms with Crippen LogP contribution in [-0.2, 0) is 0 Å². The van der Waals surface area contributed by atoms with E-state index in [-0.39, 0.29) is 10.5 Å². The van der Waals surface area contributed by atoms with Crippen LogP contribution in [0.25, 0.3) is 0 Å². The maximum Gasteiger partial charge on any atom is 0.287 e. The van der Waals surface area contributed by atoms with Crippen molar-refractivity contribution in [3.05, 3.63) is 71.6 Å². The number of guanidine groups is 1. The number of nitrogens with zero attached hydrogens (tertiary/aromatic N) is 5. The van der Waals surface area contributed by atoms with E-state index in [4.69, 9.17) is 5.10 Å². The zero-order valence-corrected chi connectivity index (χ0v) is 18.8. The van der Waals surface area contributed by atoms with Gasteiger partial charge in [0.1, 0.15) is 6.21 Å². The van der Waals surface area contributed by atoms with Crippen LogP contribution in [0.4, 0.5) is 11.4 Å². The van der Waals surface area contributed by atoms with Crippen LogP contribution in [-0.4, -0.2) is 56.0 Å². The highest BCUT2D eigenvalue weighted by Crippen LogP contribution is 2.32. The summed E-state index contributed by atoms with van der Waals surface area (Å²) in [6.07, 6.45) is 5.26. The Balaban J connectivity index is 1.63. The van der Waals surface area contributed by atoms with Gasteiger partial charge in [-0.25, -0.2) is 0 Å². The van der Waals surface area contributed by atoms with E-state index < -0.39 is 0 Å². The van der Waals surface area contributed by atoms with Crippen LogP contribution in [0.1, 0.15) is 21.5 Å². The molecule has 2 N–H and O–H groups in total. The van der Waals surface area contributed by atoms with Gasteiger partial charge in [-0.15, -0.1) is 0 Å². The number of aliphatic imine (C=N–C) groups is 2. The first-order chi connectivity index (χ1) is 15.4. The van der Waals surface area contributed by atoms with Crippen LogP contribution in [0.2, 0.25) is 0 Å². The molecule has 0 saturated carbocycles. The molecule has 2 aliphatic rings. The summed E-state index contributed by atoms with van der Waals surface area (Å²) in [5.74, 6) is 1.03. The molecular weight excluding hydrogens is 402 g/mol. The monoisotopic (exact) mass is 430 g/mol. The maximum absolute atomic E-state index is 12.7. The first kappa shape index (κ1) is 21.6. The van der Waals surface area contributed by atoms with Gasteiger partial charge in [0.05, 0.1) is 6.20 Å². The molecule has 1 unspecified atom stereocenters. The number of hydrogen-bond donors (Lipinski definition) is 2. The Bertz CT molecular complexity index is 1140. The van der Waals surface area contributed by atoms with Gasteiger partial charge < -0.3 is 15.5 Å². The smallest absolute Gasteiger partial charge is 0.287 e. The molecule has 1 atom stereocenters. The van der Waals surface area contributed by atoms with Crippen molar-refractivity contribution in [1.82, 2.24) is 14.8 Å². The molecule has 0 fully saturated rings. The Kier molecular flexibility index (Phi) is 5.98. The number of carbonyl (C=O) groups excluding carboxylic acids is 1. The lowest BCUT2D eigenvalue weighted by atomic mass is 10.1. The molecule has 8 heteroatoms. The maximum atomic E-state index is 12.7. The molecule has 1 amide bonds. The third-order valence-corrected chi connectivity index (χ3v) is 5.21. The lowest BCUT2D eigenvalue weighted by molar-refractivity contribution is 0.0951. The molecule has 0 bridgehead atoms. The number of likely N-dealkylation sites (N-methyl/N-ethyl adjacent to an activating group) is 1. The second-order valence-electron chi connectivity index (χ2n) is 8.27. The predicted octanol–water partition coefficient (Wildman–Crippen LogP) is 3.25. The quantitative estimate of drug-likeness (QED) is 0.691. The number of amidine groups is 1. The highest BCUT2D eigenvalue weighted by atomic mass is 16.1. The fraction of sp³-hybridized carbons (Fsp3) is 0.250. The highest BCUT2D eigenvalue weighted by molar-refractivity contribution is 6.38. The summed E-state index contributed by atoms with van der Waals surface area (Å²) in [4.78, 5) is 23.6. The number of benzene rings is 2. The summed E-state index contributed by atoms with van der Waals surface area (Å²) < 4.78 is 0.0233. The average molecular weight is 431 g/mol. The first-order valence-electron chi connectivity index (χ1n) is 10.5. The second kappa shape index (κ2) is 8.86. The largest absolute Gasteiger partial charge is 0.351 e. The van der Waals surface area contributed by atoms with Crippen molar-refractivity contribution in [2.75, 3.05) is 32.5 Å². The zero-order valence-electron chi connectivity index (χ0n) is 18.8. The van der Waals surface area contributed by atoms with Gasteiger partial charge >= 0.3 is 0 Å². The number of rotatable bonds is 6. The fourth-order valence-electron chi connectivity index (χ4n) is 3.74. The van der Waals surface area contributed by atoms with Crippen molar-refractivity contribution in [2.24, 2.45) is 15.1 Å². The standard InChI is InChI=1S/C24H27N7O/c1-17-12-18(2)14-20(13-17)27-24-28-22-16-25-9-11-31(22,29-24)21-7-5-6-19(15-21)23(32)26-8-10-30(3)4/h5-7,9,11-16H,8,10H2,1-4H3,(H-,26,27,29,32)/p+1. The number of fused-ring (bicyclic) bond motifs is 1. The number of quaternary nitrogens is 1. The molecule has 2 aromatic carbocycles. The van der Waals surface area contributed by atoms with Gasteiger partial charge in [-0.05, 0) is 62.4 Å². The van der Waals surface area contributed by atoms with Gasteiger partial charge in [-0.3, -0.25) is 9.79 Å². The topological polar surface area (TPSA) is 81.5 Å². The number of hydrogen-bond acceptors (Lipinski definition) is 6. The van der Waals surface area contributed by atoms with Gasteiger partial charge in [0, 0.05) is 36.5 Å². The van der Waals surface area contributed by atoms with Crippen molar-refractivity contribution < 1.29 is 4.79 Å². The van der Waals surface area contributed by atoms with E-state index in [2.05, 4.69) is 52.7 Å². The molecule has 164 valence electrons. The van der Waals surface area contributed by atoms with Gasteiger partial charge in [-0.1, -0.05) is 16.7 Å². The minimum absolute atomic E-state index is 0.0233. The van der Waals surface area contributed by atoms with Crippen LogP contribution < -0.4 is 15.2 Å². The number of carbonyl (C=O) groups is 1. The molecule has 2 aromatic rings. The van der Waals surface area contributed by atoms with Crippen LogP contribution >= 0.6 is 0 Å². The molecule has 2 heterocycles. The lowest BCUT2D eigenvalue weighted by Gasteiger charge is -2.24. The molecule has 0 aromatic heterocycles. The lowest BCUT2D eigenvalue weighted by Crippen LogP contribution is -2.44. The summed E-state index contributed by atoms with van der Waals surface area (Å²) in [5.41, 5.74) is 4.64. The SMILES string of the molecule is Cc1cc(C)cc(NC2=N[N+]3(c4cccc(C(=O)NCCN(C)C)c4)C=CN=CC3=N2)c1. The molecule has 0 aliphatic carbocycles. The normalized spacial score (nSPS) is 18.9. The predicted molar refractivity (Wildman–Crippen MR) is 131 cm³/mol. The Hall–Kier alpha value is -3.62. The summed E-state index contributed by atoms with van der Waals surface area (Å²) >= 11 is 0. The Labute approximate surface area is 188 Å². The average Bonchev–Trinajstić information content (AvgIpc) is 3.12. The molecule has 0 saturated heterocycles. The molecule has 2 aliphatic heterocycles. The second-order valence-corrected chi connectivity index (χ2v) is 8.27. The first-order valence-corrected chi connectivity index (χ1v) is 10.5. The minimum atomic E-state index is -0.114. The highest BCUT2D eigenvalue weighted by Gasteiger charge is 2.43. The Morgan fingerprint density at radius 2 is 1.88 bits per heavy atom. The molecule has 4 rings (SSSR count). The van der Waals surface area contributed by atoms with Gasteiger partial charge in [0.2, 0.25) is 0 Å². The third kappa shape index (κ3) is 4.51. The van der Waals surface area contributed by atoms with Crippen molar-refractivity contribution in [2.45, 2.75) is 13.8 Å². The molecular formula is C24H28N7O+. The Morgan fingerprint density at radius 1 is 1.09 bits per heavy atom. The molecule has 32 heavy (non-hydrogen) atoms. The summed E-state index contributed by atoms with van der Waals surface area (Å²) in [6.45, 7) is 5.47. The van der Waals surface area contributed by atoms with Gasteiger partial charge in [0.15, 0.2) is 11.9 Å². The van der Waals surface area contributed by atoms with E-state index in [1.807, 2.05) is 43.4 Å². The van der Waals surface area contributed by atoms with Crippen LogP contribution in [0.3, 0.4) is 0 Å². The molecule has 8 nitrogen and oxygen atoms in total. The van der Waals surface area contributed by atoms with E-state index in [0.29, 0.717) is 23.9 Å². The van der Waals surface area contributed by atoms with Gasteiger partial charge in [0.25, 0.3) is 17.7 Å². The molecule has 0 spiro atoms. The van der Waals surface area contributed by atoms with E-state index in [1.54, 1.807) is 18.5 Å². The third-order valence-electron chi connectivity index (χ3n) is 5.21. The van der Waals surface area contributed by atoms with E-state index >= 15 is 0 Å². The number of amides is 1. The van der Waals surface area contributed by atoms with Crippen molar-refractivity contribution >= 4 is 35.3 Å². The van der Waals surface area contributed by atoms with E-state index in [1.165, 1.54) is 0 Å². The zero-order chi connectivity index (χ0) is 22.7. The van der Waals surface area contributed by atoms with Crippen molar-refractivity contribution in [1.29, 1.82) is 0 Å². The van der Waals surface area contributed by atoms with E-state index in [0.717, 1.165) is 29.0 Å². The number of aryl methyl sites for hydroxylation is 2. The van der Waals surface area contributed by atoms with Gasteiger partial charge in [-0.2, -0.15) is 4.99 Å². The fourth-order valence-corrected chi connectivity index (χ4v) is 3.74. The summed E-state index contributed by atoms with van der Waals surface area (Å²) in [7, 11) is 3.95. The number of nitrogens with one attached hydrogen (secondary N) is 2. The van der Waals surface area contributed by atoms with Crippen molar-refractivity contribution in [3.63, 3.8) is 0 Å². The molecule has 0 radical (unpaired) electrons. The van der Waals surface area contributed by atoms with Crippen LogP contribution in [0, 0.1) is 13.8 Å². The van der Waals surface area contributed by atoms with Crippen LogP contribution in [0.15, 0.2) is 70.0 Å².